The van der Waals surface area contributed by atoms with E-state index in [9.17, 15) is 45.1 Å². The molecule has 0 aromatic rings. The Labute approximate surface area is 247 Å². The van der Waals surface area contributed by atoms with Crippen molar-refractivity contribution in [1.29, 1.82) is 0 Å². The van der Waals surface area contributed by atoms with Crippen LogP contribution in [0, 0.1) is 0 Å². The van der Waals surface area contributed by atoms with E-state index in [-0.39, 0.29) is 6.29 Å². The molecule has 14 N–H and O–H groups in total. The fraction of sp³-hybridized carbons (Fsp3) is 0.857. The molecule has 23 heteroatoms. The largest absolute Gasteiger partial charge is 0.483 e. The van der Waals surface area contributed by atoms with E-state index in [1.54, 1.807) is 0 Å². The number of ether oxygens (including phenoxy) is 4. The number of hydrogen-bond acceptors (Lipinski definition) is 19. The Hall–Kier alpha value is -1.96. The van der Waals surface area contributed by atoms with E-state index in [4.69, 9.17) is 49.7 Å². The first-order valence-electron chi connectivity index (χ1n) is 13.2. The summed E-state index contributed by atoms with van der Waals surface area (Å²) < 4.78 is 52.4. The lowest BCUT2D eigenvalue weighted by Gasteiger charge is -2.56. The molecule has 5 fully saturated rings. The molecule has 250 valence electrons. The summed E-state index contributed by atoms with van der Waals surface area (Å²) >= 11 is 0. The fourth-order valence-electron chi connectivity index (χ4n) is 6.09. The number of fused-ring (bicyclic) bond motifs is 1. The average molecular weight is 659 g/mol. The van der Waals surface area contributed by atoms with E-state index in [1.165, 1.54) is 14.0 Å². The predicted octanol–water partition coefficient (Wildman–Crippen LogP) is -7.28. The number of aliphatic hydroxyl groups excluding tert-OH is 5. The van der Waals surface area contributed by atoms with Crippen LogP contribution < -0.4 is 22.5 Å². The van der Waals surface area contributed by atoms with Crippen LogP contribution in [0.15, 0.2) is 9.98 Å². The Kier molecular flexibility index (Phi) is 8.42. The molecule has 22 nitrogen and oxygen atoms in total. The highest BCUT2D eigenvalue weighted by Gasteiger charge is 2.92. The Bertz CT molecular complexity index is 1250. The quantitative estimate of drug-likeness (QED) is 0.0474. The van der Waals surface area contributed by atoms with Crippen LogP contribution in [0.5, 0.6) is 0 Å². The van der Waals surface area contributed by atoms with Gasteiger partial charge in [-0.25, -0.2) is 23.1 Å². The maximum Gasteiger partial charge on any atom is 0.483 e. The monoisotopic (exact) mass is 658 g/mol. The summed E-state index contributed by atoms with van der Waals surface area (Å²) in [6.07, 6.45) is -15.6. The molecule has 5 aliphatic rings. The number of hydrogen-bond donors (Lipinski definition) is 11. The summed E-state index contributed by atoms with van der Waals surface area (Å²) in [7, 11) is -3.61. The van der Waals surface area contributed by atoms with Crippen LogP contribution in [0.3, 0.4) is 0 Å². The number of aliphatic hydroxyl groups is 7. The molecule has 0 spiro atoms. The van der Waals surface area contributed by atoms with Crippen molar-refractivity contribution in [1.82, 2.24) is 5.32 Å². The zero-order valence-corrected chi connectivity index (χ0v) is 24.0. The predicted molar refractivity (Wildman–Crippen MR) is 137 cm³/mol. The summed E-state index contributed by atoms with van der Waals surface area (Å²) in [5, 5.41) is 78.6. The minimum absolute atomic E-state index is 0.0407. The summed E-state index contributed by atoms with van der Waals surface area (Å²) in [6, 6.07) is -3.19. The van der Waals surface area contributed by atoms with Crippen molar-refractivity contribution < 1.29 is 77.6 Å². The Balaban J connectivity index is 1.60. The maximum absolute atomic E-state index is 13.5. The van der Waals surface area contributed by atoms with Crippen LogP contribution in [-0.4, -0.2) is 158 Å². The molecular formula is C21H35N6O16P. The number of rotatable bonds is 9. The zero-order valence-electron chi connectivity index (χ0n) is 23.1. The van der Waals surface area contributed by atoms with Gasteiger partial charge in [0.2, 0.25) is 0 Å². The summed E-state index contributed by atoms with van der Waals surface area (Å²) in [6.45, 7) is 0.450. The third-order valence-electron chi connectivity index (χ3n) is 8.34. The summed E-state index contributed by atoms with van der Waals surface area (Å²) in [4.78, 5) is 19.7. The van der Waals surface area contributed by atoms with E-state index < -0.39 is 111 Å². The van der Waals surface area contributed by atoms with Crippen LogP contribution in [0.25, 0.3) is 0 Å². The molecule has 0 aromatic heterocycles. The second-order valence-corrected chi connectivity index (χ2v) is 12.2. The number of carbonyl (C=O) groups is 1. The standard InChI is InChI=1S/C21H35N6O16P/c1-6-18(34,4-29)14(39-15-8(25-2)10(31)9(30)7(3-28)38-15)16(37-6)40-20-13(33)11(32)12(26-5-22)19(35)21(20,27-17(23)24)43-44(36,41-19)42-20/h4-16,25,28,30-35H,3H2,1-2H3,(H2,22,26)(H4,23,24,27)/t6-,7-,8-,9-,10-,11-,12+,13+,14-,15-,16-,18+,19+,20+,21-,44?/m0/s1. The van der Waals surface area contributed by atoms with Crippen LogP contribution in [0.1, 0.15) is 6.92 Å². The molecular weight excluding hydrogens is 623 g/mol. The third-order valence-corrected chi connectivity index (χ3v) is 9.82. The van der Waals surface area contributed by atoms with Gasteiger partial charge in [-0.2, -0.15) is 0 Å². The van der Waals surface area contributed by atoms with Gasteiger partial charge in [-0.3, -0.25) is 9.79 Å². The van der Waals surface area contributed by atoms with Gasteiger partial charge in [0.05, 0.1) is 25.1 Å². The average Bonchev–Trinajstić information content (AvgIpc) is 3.45. The van der Waals surface area contributed by atoms with E-state index in [0.29, 0.717) is 6.34 Å². The van der Waals surface area contributed by atoms with Crippen LogP contribution in [0.2, 0.25) is 0 Å². The van der Waals surface area contributed by atoms with Crippen molar-refractivity contribution in [2.24, 2.45) is 27.2 Å². The SMILES string of the molecule is CN[C@@H]1[C@H](O[C@H]2[C@H](O[C@]34OP5(=O)O[C@@]3(N=C(N)N)[C@](O)(O5)[C@H](N=CN)[C@H](O)[C@H]4O)O[C@@H](C)[C@]2(O)C=O)O[C@@H](CO)[C@H](O)[C@H]1O. The van der Waals surface area contributed by atoms with E-state index in [1.807, 2.05) is 0 Å². The minimum Gasteiger partial charge on any atom is -0.394 e. The fourth-order valence-corrected chi connectivity index (χ4v) is 8.00. The molecule has 1 aliphatic carbocycles. The van der Waals surface area contributed by atoms with Crippen molar-refractivity contribution in [2.45, 2.75) is 97.2 Å². The molecule has 4 saturated heterocycles. The Morgan fingerprint density at radius 3 is 2.32 bits per heavy atom. The van der Waals surface area contributed by atoms with Crippen molar-refractivity contribution in [3.8, 4) is 0 Å². The van der Waals surface area contributed by atoms with Crippen molar-refractivity contribution in [3.63, 3.8) is 0 Å². The summed E-state index contributed by atoms with van der Waals surface area (Å²) in [5.41, 5.74) is 10.9. The number of aldehydes is 1. The number of aliphatic imine (C=N–C) groups is 2. The number of phosphoric ester groups is 1. The van der Waals surface area contributed by atoms with Gasteiger partial charge in [0.1, 0.15) is 42.7 Å². The van der Waals surface area contributed by atoms with Crippen LogP contribution in [0.4, 0.5) is 0 Å². The molecule has 5 rings (SSSR count). The van der Waals surface area contributed by atoms with Crippen molar-refractivity contribution in [3.05, 3.63) is 0 Å². The number of guanidine groups is 1. The third kappa shape index (κ3) is 4.38. The molecule has 0 amide bonds. The number of nitrogens with two attached hydrogens (primary N) is 3. The molecule has 0 radical (unpaired) electrons. The molecule has 2 bridgehead atoms. The lowest BCUT2D eigenvalue weighted by atomic mass is 9.73. The first-order chi connectivity index (χ1) is 20.5. The lowest BCUT2D eigenvalue weighted by molar-refractivity contribution is -0.432. The molecule has 4 aliphatic heterocycles. The van der Waals surface area contributed by atoms with Gasteiger partial charge in [0.15, 0.2) is 30.4 Å². The van der Waals surface area contributed by atoms with Gasteiger partial charge in [-0.15, -0.1) is 0 Å². The van der Waals surface area contributed by atoms with E-state index in [0.717, 1.165) is 0 Å². The minimum atomic E-state index is -4.97. The number of likely N-dealkylation sites (N-methyl/N-ethyl adjacent to an activating group) is 1. The molecule has 16 atom stereocenters. The molecule has 0 aromatic carbocycles. The van der Waals surface area contributed by atoms with Gasteiger partial charge in [-0.05, 0) is 14.0 Å². The Morgan fingerprint density at radius 2 is 1.75 bits per heavy atom. The number of carbonyl (C=O) groups excluding carboxylic acids is 1. The number of phosphoric acid groups is 1. The van der Waals surface area contributed by atoms with Crippen molar-refractivity contribution >= 4 is 26.4 Å². The highest BCUT2D eigenvalue weighted by Crippen LogP contribution is 2.79. The highest BCUT2D eigenvalue weighted by molar-refractivity contribution is 7.49. The van der Waals surface area contributed by atoms with Gasteiger partial charge in [0.25, 0.3) is 17.3 Å². The molecule has 44 heavy (non-hydrogen) atoms. The van der Waals surface area contributed by atoms with Gasteiger partial charge < -0.3 is 77.2 Å². The topological polar surface area (TPSA) is 355 Å². The van der Waals surface area contributed by atoms with Crippen LogP contribution >= 0.6 is 7.82 Å². The lowest BCUT2D eigenvalue weighted by Crippen LogP contribution is -2.83. The Morgan fingerprint density at radius 1 is 1.07 bits per heavy atom. The van der Waals surface area contributed by atoms with Gasteiger partial charge in [0, 0.05) is 0 Å². The van der Waals surface area contributed by atoms with Crippen LogP contribution in [-0.2, 0) is 41.9 Å². The zero-order chi connectivity index (χ0) is 32.6. The molecule has 1 saturated carbocycles. The molecule has 4 heterocycles. The molecule has 1 unspecified atom stereocenters. The van der Waals surface area contributed by atoms with Gasteiger partial charge in [-0.1, -0.05) is 0 Å². The van der Waals surface area contributed by atoms with Crippen molar-refractivity contribution in [2.75, 3.05) is 13.7 Å². The highest BCUT2D eigenvalue weighted by atomic mass is 31.2. The van der Waals surface area contributed by atoms with E-state index >= 15 is 0 Å². The second-order valence-electron chi connectivity index (χ2n) is 10.8. The van der Waals surface area contributed by atoms with E-state index in [2.05, 4.69) is 15.3 Å². The normalized spacial score (nSPS) is 55.0. The smallest absolute Gasteiger partial charge is 0.394 e. The number of nitrogens with one attached hydrogen (secondary N) is 1. The number of nitrogens with zero attached hydrogens (tertiary/aromatic N) is 2. The second kappa shape index (κ2) is 11.1. The maximum atomic E-state index is 13.5. The van der Waals surface area contributed by atoms with Gasteiger partial charge >= 0.3 is 7.82 Å². The first-order valence-corrected chi connectivity index (χ1v) is 14.6. The first kappa shape index (κ1) is 33.4. The summed E-state index contributed by atoms with van der Waals surface area (Å²) in [5.74, 6) is -7.05.